The van der Waals surface area contributed by atoms with Gasteiger partial charge in [-0.1, -0.05) is 72.9 Å². The molecule has 7 unspecified atom stereocenters. The lowest BCUT2D eigenvalue weighted by Crippen LogP contribution is -2.63. The van der Waals surface area contributed by atoms with Gasteiger partial charge in [0.05, 0.1) is 6.10 Å². The van der Waals surface area contributed by atoms with E-state index in [0.717, 1.165) is 35.8 Å². The second kappa shape index (κ2) is 10.0. The molecule has 0 aliphatic heterocycles. The summed E-state index contributed by atoms with van der Waals surface area (Å²) in [5.41, 5.74) is 2.19. The molecule has 7 atom stereocenters. The van der Waals surface area contributed by atoms with Crippen molar-refractivity contribution in [1.82, 2.24) is 0 Å². The van der Waals surface area contributed by atoms with Crippen molar-refractivity contribution in [1.29, 1.82) is 0 Å². The largest absolute Gasteiger partial charge is 0.465 e. The van der Waals surface area contributed by atoms with Gasteiger partial charge in [0.1, 0.15) is 5.75 Å². The zero-order valence-corrected chi connectivity index (χ0v) is 23.5. The van der Waals surface area contributed by atoms with Gasteiger partial charge in [0.2, 0.25) is 6.29 Å². The van der Waals surface area contributed by atoms with Crippen LogP contribution in [0.1, 0.15) is 124 Å². The van der Waals surface area contributed by atoms with Gasteiger partial charge in [-0.05, 0) is 109 Å². The van der Waals surface area contributed by atoms with Crippen molar-refractivity contribution >= 4 is 0 Å². The van der Waals surface area contributed by atoms with Crippen LogP contribution >= 0.6 is 0 Å². The van der Waals surface area contributed by atoms with Crippen LogP contribution in [0.3, 0.4) is 0 Å². The van der Waals surface area contributed by atoms with Crippen LogP contribution in [-0.2, 0) is 4.74 Å². The van der Waals surface area contributed by atoms with Gasteiger partial charge in [0.25, 0.3) is 0 Å². The fourth-order valence-electron chi connectivity index (χ4n) is 8.90. The van der Waals surface area contributed by atoms with Crippen LogP contribution in [0.4, 0.5) is 0 Å². The average molecular weight is 481 g/mol. The van der Waals surface area contributed by atoms with E-state index in [1.54, 1.807) is 0 Å². The van der Waals surface area contributed by atoms with E-state index in [4.69, 9.17) is 9.47 Å². The summed E-state index contributed by atoms with van der Waals surface area (Å²) in [6.07, 6.45) is 14.8. The molecule has 1 aromatic carbocycles. The molecular weight excluding hydrogens is 428 g/mol. The van der Waals surface area contributed by atoms with Crippen molar-refractivity contribution in [3.63, 3.8) is 0 Å². The molecule has 4 saturated carbocycles. The Labute approximate surface area is 215 Å². The van der Waals surface area contributed by atoms with E-state index < -0.39 is 0 Å². The number of hydrogen-bond donors (Lipinski definition) is 0. The standard InChI is InChI=1S/C33H52O2/c1-22(2)16-29(32(4,5)6)24-12-14-28(15-13-24)35-30(34-27-10-8-7-9-11-27)21-33-19-23(3)17-25-18-26(20-33)31(25)33/h12-15,22-23,25-27,29-31H,7-11,16-21H2,1-6H3. The molecule has 5 rings (SSSR count). The summed E-state index contributed by atoms with van der Waals surface area (Å²) in [7, 11) is 0. The van der Waals surface area contributed by atoms with Crippen molar-refractivity contribution in [2.75, 3.05) is 0 Å². The summed E-state index contributed by atoms with van der Waals surface area (Å²) in [6, 6.07) is 9.10. The van der Waals surface area contributed by atoms with E-state index in [0.29, 0.717) is 23.4 Å². The lowest BCUT2D eigenvalue weighted by molar-refractivity contribution is -0.244. The molecule has 0 spiro atoms. The fourth-order valence-corrected chi connectivity index (χ4v) is 8.90. The minimum atomic E-state index is -0.0921. The first-order valence-corrected chi connectivity index (χ1v) is 15.0. The molecule has 2 nitrogen and oxygen atoms in total. The molecule has 4 aliphatic carbocycles. The second-order valence-electron chi connectivity index (χ2n) is 14.7. The van der Waals surface area contributed by atoms with E-state index in [2.05, 4.69) is 65.8 Å². The van der Waals surface area contributed by atoms with Gasteiger partial charge in [0.15, 0.2) is 0 Å². The number of hydrogen-bond acceptors (Lipinski definition) is 2. The van der Waals surface area contributed by atoms with Gasteiger partial charge in [-0.2, -0.15) is 0 Å². The van der Waals surface area contributed by atoms with Gasteiger partial charge >= 0.3 is 0 Å². The quantitative estimate of drug-likeness (QED) is 0.328. The topological polar surface area (TPSA) is 18.5 Å². The number of ether oxygens (including phenoxy) is 2. The number of rotatable bonds is 9. The van der Waals surface area contributed by atoms with Crippen molar-refractivity contribution in [2.45, 2.75) is 130 Å². The van der Waals surface area contributed by atoms with E-state index in [-0.39, 0.29) is 11.7 Å². The maximum atomic E-state index is 6.79. The molecule has 4 aliphatic rings. The van der Waals surface area contributed by atoms with Crippen LogP contribution in [0.15, 0.2) is 24.3 Å². The summed E-state index contributed by atoms with van der Waals surface area (Å²) in [6.45, 7) is 14.3. The monoisotopic (exact) mass is 480 g/mol. The van der Waals surface area contributed by atoms with Crippen LogP contribution in [0.2, 0.25) is 0 Å². The van der Waals surface area contributed by atoms with Crippen molar-refractivity contribution in [3.05, 3.63) is 29.8 Å². The molecule has 35 heavy (non-hydrogen) atoms. The third-order valence-corrected chi connectivity index (χ3v) is 10.2. The minimum absolute atomic E-state index is 0.0921. The van der Waals surface area contributed by atoms with Crippen LogP contribution in [0.25, 0.3) is 0 Å². The predicted octanol–water partition coefficient (Wildman–Crippen LogP) is 9.38. The predicted molar refractivity (Wildman–Crippen MR) is 146 cm³/mol. The molecule has 0 radical (unpaired) electrons. The fraction of sp³-hybridized carbons (Fsp3) is 0.818. The van der Waals surface area contributed by atoms with E-state index in [9.17, 15) is 0 Å². The van der Waals surface area contributed by atoms with Crippen molar-refractivity contribution in [3.8, 4) is 5.75 Å². The molecule has 196 valence electrons. The molecule has 4 fully saturated rings. The molecule has 0 amide bonds. The highest BCUT2D eigenvalue weighted by Crippen LogP contribution is 2.72. The highest BCUT2D eigenvalue weighted by molar-refractivity contribution is 5.30. The molecule has 0 heterocycles. The van der Waals surface area contributed by atoms with Crippen LogP contribution in [-0.4, -0.2) is 12.4 Å². The highest BCUT2D eigenvalue weighted by atomic mass is 16.7. The lowest BCUT2D eigenvalue weighted by atomic mass is 9.35. The Kier molecular flexibility index (Phi) is 7.35. The summed E-state index contributed by atoms with van der Waals surface area (Å²) < 4.78 is 13.5. The van der Waals surface area contributed by atoms with E-state index in [1.165, 1.54) is 69.8 Å². The zero-order chi connectivity index (χ0) is 24.8. The molecule has 0 aromatic heterocycles. The van der Waals surface area contributed by atoms with Gasteiger partial charge in [-0.3, -0.25) is 0 Å². The second-order valence-corrected chi connectivity index (χ2v) is 14.7. The summed E-state index contributed by atoms with van der Waals surface area (Å²) in [5, 5.41) is 0. The molecule has 0 saturated heterocycles. The minimum Gasteiger partial charge on any atom is -0.465 e. The summed E-state index contributed by atoms with van der Waals surface area (Å²) >= 11 is 0. The first kappa shape index (κ1) is 25.6. The van der Waals surface area contributed by atoms with Crippen molar-refractivity contribution in [2.24, 2.45) is 40.4 Å². The van der Waals surface area contributed by atoms with Crippen molar-refractivity contribution < 1.29 is 9.47 Å². The highest BCUT2D eigenvalue weighted by Gasteiger charge is 2.65. The van der Waals surface area contributed by atoms with Gasteiger partial charge in [-0.15, -0.1) is 0 Å². The Hall–Kier alpha value is -1.02. The van der Waals surface area contributed by atoms with Gasteiger partial charge in [-0.25, -0.2) is 0 Å². The Morgan fingerprint density at radius 2 is 1.66 bits per heavy atom. The maximum Gasteiger partial charge on any atom is 0.200 e. The number of benzene rings is 1. The first-order valence-electron chi connectivity index (χ1n) is 15.0. The Morgan fingerprint density at radius 3 is 2.29 bits per heavy atom. The molecule has 0 N–H and O–H groups in total. The third kappa shape index (κ3) is 5.48. The lowest BCUT2D eigenvalue weighted by Gasteiger charge is -2.70. The first-order chi connectivity index (χ1) is 16.6. The van der Waals surface area contributed by atoms with E-state index in [1.807, 2.05) is 0 Å². The normalized spacial score (nSPS) is 34.5. The SMILES string of the molecule is CC(C)CC(c1ccc(OC(CC23CC(C)CC4CC(C2)C43)OC2CCCCC2)cc1)C(C)(C)C. The summed E-state index contributed by atoms with van der Waals surface area (Å²) in [4.78, 5) is 0. The van der Waals surface area contributed by atoms with E-state index >= 15 is 0 Å². The maximum absolute atomic E-state index is 6.79. The molecule has 2 heteroatoms. The molecule has 1 aromatic rings. The van der Waals surface area contributed by atoms with Gasteiger partial charge in [0, 0.05) is 6.42 Å². The van der Waals surface area contributed by atoms with Crippen LogP contribution in [0, 0.1) is 40.4 Å². The molecular formula is C33H52O2. The average Bonchev–Trinajstić information content (AvgIpc) is 2.75. The van der Waals surface area contributed by atoms with Crippen LogP contribution < -0.4 is 4.74 Å². The Morgan fingerprint density at radius 1 is 0.943 bits per heavy atom. The molecule has 0 bridgehead atoms. The Bertz CT molecular complexity index is 830. The Balaban J connectivity index is 1.31. The smallest absolute Gasteiger partial charge is 0.200 e. The van der Waals surface area contributed by atoms with Gasteiger partial charge < -0.3 is 9.47 Å². The van der Waals surface area contributed by atoms with Crippen LogP contribution in [0.5, 0.6) is 5.75 Å². The third-order valence-electron chi connectivity index (χ3n) is 10.2. The zero-order valence-electron chi connectivity index (χ0n) is 23.5. The summed E-state index contributed by atoms with van der Waals surface area (Å²) in [5.74, 6) is 6.08.